The second kappa shape index (κ2) is 4.02. The number of benzene rings is 1. The van der Waals surface area contributed by atoms with Gasteiger partial charge in [0.25, 0.3) is 0 Å². The fourth-order valence-corrected chi connectivity index (χ4v) is 1.56. The summed E-state index contributed by atoms with van der Waals surface area (Å²) in [6, 6.07) is 4.34. The number of methoxy groups -OCH3 is 1. The molecule has 0 unspecified atom stereocenters. The van der Waals surface area contributed by atoms with E-state index in [1.54, 1.807) is 0 Å². The Morgan fingerprint density at radius 2 is 2.25 bits per heavy atom. The Bertz CT molecular complexity index is 528. The molecule has 0 atom stereocenters. The maximum Gasteiger partial charge on any atom is 0.177 e. The first-order chi connectivity index (χ1) is 7.63. The van der Waals surface area contributed by atoms with Crippen molar-refractivity contribution >= 4 is 17.4 Å². The summed E-state index contributed by atoms with van der Waals surface area (Å²) < 4.78 is 23.6. The van der Waals surface area contributed by atoms with E-state index in [-0.39, 0.29) is 27.9 Å². The molecule has 2 aromatic rings. The van der Waals surface area contributed by atoms with Crippen LogP contribution < -0.4 is 10.5 Å². The van der Waals surface area contributed by atoms with Crippen LogP contribution in [0.4, 0.5) is 10.2 Å². The molecule has 0 spiro atoms. The predicted molar refractivity (Wildman–Crippen MR) is 57.9 cm³/mol. The highest BCUT2D eigenvalue weighted by Crippen LogP contribution is 2.35. The summed E-state index contributed by atoms with van der Waals surface area (Å²) in [5.41, 5.74) is 5.47. The normalized spacial score (nSPS) is 10.4. The van der Waals surface area contributed by atoms with E-state index in [0.29, 0.717) is 0 Å². The first-order valence-corrected chi connectivity index (χ1v) is 4.76. The van der Waals surface area contributed by atoms with Gasteiger partial charge in [0, 0.05) is 6.07 Å². The fraction of sp³-hybridized carbons (Fsp3) is 0.100. The van der Waals surface area contributed by atoms with Crippen LogP contribution in [0.1, 0.15) is 0 Å². The van der Waals surface area contributed by atoms with Crippen LogP contribution in [0, 0.1) is 5.82 Å². The van der Waals surface area contributed by atoms with Crippen molar-refractivity contribution in [3.05, 3.63) is 29.0 Å². The van der Waals surface area contributed by atoms with Gasteiger partial charge in [-0.2, -0.15) is 0 Å². The molecule has 0 aliphatic rings. The summed E-state index contributed by atoms with van der Waals surface area (Å²) in [7, 11) is 1.37. The third-order valence-electron chi connectivity index (χ3n) is 2.05. The molecule has 0 radical (unpaired) electrons. The largest absolute Gasteiger partial charge is 0.494 e. The number of ether oxygens (including phenoxy) is 1. The highest BCUT2D eigenvalue weighted by atomic mass is 35.5. The second-order valence-corrected chi connectivity index (χ2v) is 3.46. The molecule has 1 heterocycles. The molecule has 0 aliphatic carbocycles. The first kappa shape index (κ1) is 10.8. The third kappa shape index (κ3) is 1.69. The van der Waals surface area contributed by atoms with E-state index in [2.05, 4.69) is 5.16 Å². The Labute approximate surface area is 95.7 Å². The lowest BCUT2D eigenvalue weighted by molar-refractivity contribution is 0.385. The summed E-state index contributed by atoms with van der Waals surface area (Å²) in [5.74, 6) is -0.201. The fourth-order valence-electron chi connectivity index (χ4n) is 1.32. The Balaban J connectivity index is 2.63. The minimum atomic E-state index is -0.605. The lowest BCUT2D eigenvalue weighted by atomic mass is 10.1. The quantitative estimate of drug-likeness (QED) is 0.880. The molecule has 4 nitrogen and oxygen atoms in total. The van der Waals surface area contributed by atoms with Gasteiger partial charge < -0.3 is 15.0 Å². The predicted octanol–water partition coefficient (Wildman–Crippen LogP) is 2.72. The van der Waals surface area contributed by atoms with Crippen LogP contribution in [0.5, 0.6) is 5.75 Å². The van der Waals surface area contributed by atoms with Gasteiger partial charge in [-0.1, -0.05) is 16.8 Å². The zero-order chi connectivity index (χ0) is 11.7. The number of nitrogens with zero attached hydrogens (tertiary/aromatic N) is 1. The molecule has 2 N–H and O–H groups in total. The smallest absolute Gasteiger partial charge is 0.177 e. The maximum absolute atomic E-state index is 13.9. The molecule has 84 valence electrons. The molecule has 0 bridgehead atoms. The monoisotopic (exact) mass is 242 g/mol. The van der Waals surface area contributed by atoms with Crippen LogP contribution in [-0.4, -0.2) is 12.3 Å². The molecule has 0 saturated heterocycles. The zero-order valence-electron chi connectivity index (χ0n) is 8.33. The molecule has 1 aromatic carbocycles. The summed E-state index contributed by atoms with van der Waals surface area (Å²) >= 11 is 5.88. The van der Waals surface area contributed by atoms with Crippen molar-refractivity contribution in [2.24, 2.45) is 0 Å². The van der Waals surface area contributed by atoms with Crippen molar-refractivity contribution in [3.63, 3.8) is 0 Å². The number of rotatable bonds is 2. The number of hydrogen-bond donors (Lipinski definition) is 1. The minimum absolute atomic E-state index is 0.0781. The van der Waals surface area contributed by atoms with E-state index in [9.17, 15) is 4.39 Å². The average Bonchev–Trinajstić information content (AvgIpc) is 2.65. The highest BCUT2D eigenvalue weighted by molar-refractivity contribution is 6.33. The standard InChI is InChI=1S/C10H8ClFN2O2/c1-15-6-3-2-5(11)9(10(6)12)7-4-8(13)14-16-7/h2-4H,1H3,(H2,13,14). The van der Waals surface area contributed by atoms with E-state index in [1.165, 1.54) is 25.3 Å². The van der Waals surface area contributed by atoms with Crippen LogP contribution in [0.3, 0.4) is 0 Å². The lowest BCUT2D eigenvalue weighted by Crippen LogP contribution is -1.91. The van der Waals surface area contributed by atoms with Gasteiger partial charge in [-0.15, -0.1) is 0 Å². The van der Waals surface area contributed by atoms with Gasteiger partial charge >= 0.3 is 0 Å². The Morgan fingerprint density at radius 1 is 1.50 bits per heavy atom. The molecule has 0 amide bonds. The Hall–Kier alpha value is -1.75. The Morgan fingerprint density at radius 3 is 2.81 bits per heavy atom. The number of anilines is 1. The molecular weight excluding hydrogens is 235 g/mol. The number of hydrogen-bond acceptors (Lipinski definition) is 4. The Kier molecular flexibility index (Phi) is 2.70. The van der Waals surface area contributed by atoms with E-state index >= 15 is 0 Å². The molecular formula is C10H8ClFN2O2. The van der Waals surface area contributed by atoms with Crippen molar-refractivity contribution in [2.45, 2.75) is 0 Å². The summed E-state index contributed by atoms with van der Waals surface area (Å²) in [4.78, 5) is 0. The molecule has 0 saturated carbocycles. The number of nitrogen functional groups attached to an aromatic ring is 1. The number of aromatic nitrogens is 1. The van der Waals surface area contributed by atoms with Crippen molar-refractivity contribution < 1.29 is 13.7 Å². The van der Waals surface area contributed by atoms with E-state index in [1.807, 2.05) is 0 Å². The topological polar surface area (TPSA) is 61.3 Å². The van der Waals surface area contributed by atoms with E-state index < -0.39 is 5.82 Å². The summed E-state index contributed by atoms with van der Waals surface area (Å²) in [5, 5.41) is 3.67. The molecule has 2 rings (SSSR count). The van der Waals surface area contributed by atoms with Crippen LogP contribution in [0.25, 0.3) is 11.3 Å². The van der Waals surface area contributed by atoms with Gasteiger partial charge in [0.2, 0.25) is 0 Å². The van der Waals surface area contributed by atoms with Crippen LogP contribution >= 0.6 is 11.6 Å². The SMILES string of the molecule is COc1ccc(Cl)c(-c2cc(N)no2)c1F. The van der Waals surface area contributed by atoms with Gasteiger partial charge in [0.1, 0.15) is 0 Å². The number of halogens is 2. The van der Waals surface area contributed by atoms with Crippen LogP contribution in [-0.2, 0) is 0 Å². The summed E-state index contributed by atoms with van der Waals surface area (Å²) in [6.07, 6.45) is 0. The van der Waals surface area contributed by atoms with Crippen molar-refractivity contribution in [2.75, 3.05) is 12.8 Å². The highest BCUT2D eigenvalue weighted by Gasteiger charge is 2.18. The van der Waals surface area contributed by atoms with Gasteiger partial charge in [-0.3, -0.25) is 0 Å². The first-order valence-electron chi connectivity index (χ1n) is 4.38. The molecule has 16 heavy (non-hydrogen) atoms. The van der Waals surface area contributed by atoms with Gasteiger partial charge in [-0.05, 0) is 12.1 Å². The molecule has 1 aromatic heterocycles. The van der Waals surface area contributed by atoms with Crippen molar-refractivity contribution in [1.82, 2.24) is 5.16 Å². The zero-order valence-corrected chi connectivity index (χ0v) is 9.08. The van der Waals surface area contributed by atoms with Crippen molar-refractivity contribution in [3.8, 4) is 17.1 Å². The van der Waals surface area contributed by atoms with Crippen LogP contribution in [0.2, 0.25) is 5.02 Å². The van der Waals surface area contributed by atoms with Crippen molar-refractivity contribution in [1.29, 1.82) is 0 Å². The summed E-state index contributed by atoms with van der Waals surface area (Å²) in [6.45, 7) is 0. The number of nitrogens with two attached hydrogens (primary N) is 1. The molecule has 0 aliphatic heterocycles. The van der Waals surface area contributed by atoms with E-state index in [4.69, 9.17) is 26.6 Å². The second-order valence-electron chi connectivity index (χ2n) is 3.05. The maximum atomic E-state index is 13.9. The van der Waals surface area contributed by atoms with Gasteiger partial charge in [-0.25, -0.2) is 4.39 Å². The van der Waals surface area contributed by atoms with E-state index in [0.717, 1.165) is 0 Å². The molecule has 6 heteroatoms. The lowest BCUT2D eigenvalue weighted by Gasteiger charge is -2.06. The molecule has 0 fully saturated rings. The van der Waals surface area contributed by atoms with Gasteiger partial charge in [0.15, 0.2) is 23.1 Å². The average molecular weight is 243 g/mol. The van der Waals surface area contributed by atoms with Gasteiger partial charge in [0.05, 0.1) is 17.7 Å². The minimum Gasteiger partial charge on any atom is -0.494 e. The third-order valence-corrected chi connectivity index (χ3v) is 2.37. The van der Waals surface area contributed by atoms with Crippen LogP contribution in [0.15, 0.2) is 22.7 Å².